The van der Waals surface area contributed by atoms with E-state index in [2.05, 4.69) is 10.1 Å². The van der Waals surface area contributed by atoms with Crippen LogP contribution in [0.2, 0.25) is 0 Å². The van der Waals surface area contributed by atoms with Gasteiger partial charge in [-0.1, -0.05) is 18.0 Å². The molecule has 23 heavy (non-hydrogen) atoms. The van der Waals surface area contributed by atoms with Gasteiger partial charge < -0.3 is 14.3 Å². The number of rotatable bonds is 5. The quantitative estimate of drug-likeness (QED) is 0.825. The van der Waals surface area contributed by atoms with Crippen molar-refractivity contribution in [2.75, 3.05) is 13.6 Å². The number of likely N-dealkylation sites (tertiary alicyclic amines) is 1. The summed E-state index contributed by atoms with van der Waals surface area (Å²) < 4.78 is 5.33. The molecule has 0 unspecified atom stereocenters. The van der Waals surface area contributed by atoms with E-state index in [4.69, 9.17) is 4.52 Å². The van der Waals surface area contributed by atoms with Crippen LogP contribution in [-0.2, 0) is 16.1 Å². The molecule has 0 bridgehead atoms. The number of nitrogens with zero attached hydrogens (tertiary/aromatic N) is 4. The lowest BCUT2D eigenvalue weighted by Gasteiger charge is -2.24. The van der Waals surface area contributed by atoms with E-state index < -0.39 is 0 Å². The number of hydrogen-bond acceptors (Lipinski definition) is 5. The molecule has 7 nitrogen and oxygen atoms in total. The van der Waals surface area contributed by atoms with Gasteiger partial charge in [-0.25, -0.2) is 0 Å². The van der Waals surface area contributed by atoms with E-state index in [9.17, 15) is 9.59 Å². The number of amides is 2. The van der Waals surface area contributed by atoms with Crippen molar-refractivity contribution in [2.45, 2.75) is 64.0 Å². The van der Waals surface area contributed by atoms with Crippen LogP contribution < -0.4 is 0 Å². The van der Waals surface area contributed by atoms with Crippen molar-refractivity contribution in [3.05, 3.63) is 11.7 Å². The monoisotopic (exact) mass is 320 g/mol. The van der Waals surface area contributed by atoms with Crippen molar-refractivity contribution in [1.29, 1.82) is 0 Å². The van der Waals surface area contributed by atoms with Gasteiger partial charge in [0.15, 0.2) is 5.82 Å². The molecule has 1 aliphatic heterocycles. The minimum Gasteiger partial charge on any atom is -0.339 e. The molecule has 2 aliphatic rings. The van der Waals surface area contributed by atoms with Gasteiger partial charge in [0, 0.05) is 25.4 Å². The zero-order chi connectivity index (χ0) is 16.4. The molecule has 3 rings (SSSR count). The van der Waals surface area contributed by atoms with E-state index in [1.165, 1.54) is 12.8 Å². The van der Waals surface area contributed by atoms with E-state index in [0.717, 1.165) is 19.3 Å². The fourth-order valence-corrected chi connectivity index (χ4v) is 3.36. The maximum atomic E-state index is 12.3. The van der Waals surface area contributed by atoms with Crippen LogP contribution in [0.25, 0.3) is 0 Å². The van der Waals surface area contributed by atoms with E-state index in [1.54, 1.807) is 16.8 Å². The number of likely N-dealkylation sites (N-methyl/N-ethyl adjacent to an activating group) is 1. The summed E-state index contributed by atoms with van der Waals surface area (Å²) in [7, 11) is 1.71. The van der Waals surface area contributed by atoms with Crippen molar-refractivity contribution < 1.29 is 14.1 Å². The Morgan fingerprint density at radius 3 is 2.74 bits per heavy atom. The molecule has 1 atom stereocenters. The Hall–Kier alpha value is -1.92. The van der Waals surface area contributed by atoms with Gasteiger partial charge in [-0.15, -0.1) is 0 Å². The van der Waals surface area contributed by atoms with Gasteiger partial charge in [-0.2, -0.15) is 4.98 Å². The third kappa shape index (κ3) is 3.54. The SMILES string of the molecule is C[C@@H]1CCC(=O)N1CC(=O)N(C)Cc1noc(C2CCCC2)n1. The highest BCUT2D eigenvalue weighted by molar-refractivity contribution is 5.86. The molecular formula is C16H24N4O3. The molecule has 126 valence electrons. The Labute approximate surface area is 136 Å². The van der Waals surface area contributed by atoms with Gasteiger partial charge >= 0.3 is 0 Å². The molecule has 2 fully saturated rings. The molecule has 2 heterocycles. The molecule has 1 aromatic heterocycles. The smallest absolute Gasteiger partial charge is 0.242 e. The summed E-state index contributed by atoms with van der Waals surface area (Å²) in [6, 6.07) is 0.138. The lowest BCUT2D eigenvalue weighted by molar-refractivity contribution is -0.138. The van der Waals surface area contributed by atoms with Crippen LogP contribution in [0.3, 0.4) is 0 Å². The van der Waals surface area contributed by atoms with Crippen LogP contribution in [0.4, 0.5) is 0 Å². The first-order valence-corrected chi connectivity index (χ1v) is 8.40. The predicted molar refractivity (Wildman–Crippen MR) is 82.4 cm³/mol. The molecule has 1 aliphatic carbocycles. The number of hydrogen-bond donors (Lipinski definition) is 0. The maximum absolute atomic E-state index is 12.3. The summed E-state index contributed by atoms with van der Waals surface area (Å²) in [6.07, 6.45) is 5.99. The van der Waals surface area contributed by atoms with Crippen LogP contribution in [0.1, 0.15) is 63.1 Å². The Balaban J connectivity index is 1.55. The molecule has 0 radical (unpaired) electrons. The maximum Gasteiger partial charge on any atom is 0.242 e. The van der Waals surface area contributed by atoms with Gasteiger partial charge in [0.05, 0.1) is 13.1 Å². The van der Waals surface area contributed by atoms with E-state index in [0.29, 0.717) is 30.6 Å². The molecule has 0 aromatic carbocycles. The number of aromatic nitrogens is 2. The molecule has 1 saturated heterocycles. The minimum atomic E-state index is -0.0979. The Kier molecular flexibility index (Phi) is 4.63. The zero-order valence-corrected chi connectivity index (χ0v) is 13.8. The van der Waals surface area contributed by atoms with E-state index >= 15 is 0 Å². The van der Waals surface area contributed by atoms with Crippen molar-refractivity contribution in [3.63, 3.8) is 0 Å². The third-order valence-electron chi connectivity index (χ3n) is 4.93. The Morgan fingerprint density at radius 1 is 1.35 bits per heavy atom. The fraction of sp³-hybridized carbons (Fsp3) is 0.750. The van der Waals surface area contributed by atoms with Crippen LogP contribution in [-0.4, -0.2) is 51.4 Å². The summed E-state index contributed by atoms with van der Waals surface area (Å²) in [5.74, 6) is 1.56. The molecule has 2 amide bonds. The largest absolute Gasteiger partial charge is 0.339 e. The second-order valence-electron chi connectivity index (χ2n) is 6.69. The second kappa shape index (κ2) is 6.68. The topological polar surface area (TPSA) is 79.5 Å². The van der Waals surface area contributed by atoms with Gasteiger partial charge in [-0.05, 0) is 26.2 Å². The summed E-state index contributed by atoms with van der Waals surface area (Å²) in [6.45, 7) is 2.42. The summed E-state index contributed by atoms with van der Waals surface area (Å²) >= 11 is 0. The summed E-state index contributed by atoms with van der Waals surface area (Å²) in [4.78, 5) is 31.7. The van der Waals surface area contributed by atoms with E-state index in [-0.39, 0.29) is 24.4 Å². The van der Waals surface area contributed by atoms with Gasteiger partial charge in [-0.3, -0.25) is 9.59 Å². The third-order valence-corrected chi connectivity index (χ3v) is 4.93. The molecule has 1 saturated carbocycles. The second-order valence-corrected chi connectivity index (χ2v) is 6.69. The van der Waals surface area contributed by atoms with Gasteiger partial charge in [0.1, 0.15) is 0 Å². The average Bonchev–Trinajstić information content (AvgIpc) is 3.24. The highest BCUT2D eigenvalue weighted by atomic mass is 16.5. The Morgan fingerprint density at radius 2 is 2.09 bits per heavy atom. The molecule has 0 N–H and O–H groups in total. The summed E-state index contributed by atoms with van der Waals surface area (Å²) in [5.41, 5.74) is 0. The first-order valence-electron chi connectivity index (χ1n) is 8.40. The van der Waals surface area contributed by atoms with Gasteiger partial charge in [0.2, 0.25) is 17.7 Å². The Bertz CT molecular complexity index is 580. The first-order chi connectivity index (χ1) is 11.0. The highest BCUT2D eigenvalue weighted by Gasteiger charge is 2.30. The van der Waals surface area contributed by atoms with E-state index in [1.807, 2.05) is 6.92 Å². The van der Waals surface area contributed by atoms with Crippen LogP contribution in [0.15, 0.2) is 4.52 Å². The molecule has 0 spiro atoms. The predicted octanol–water partition coefficient (Wildman–Crippen LogP) is 1.70. The number of carbonyl (C=O) groups excluding carboxylic acids is 2. The van der Waals surface area contributed by atoms with Crippen LogP contribution in [0, 0.1) is 0 Å². The number of carbonyl (C=O) groups is 2. The summed E-state index contributed by atoms with van der Waals surface area (Å²) in [5, 5.41) is 3.98. The lowest BCUT2D eigenvalue weighted by Crippen LogP contribution is -2.41. The normalized spacial score (nSPS) is 22.1. The van der Waals surface area contributed by atoms with Crippen molar-refractivity contribution in [3.8, 4) is 0 Å². The highest BCUT2D eigenvalue weighted by Crippen LogP contribution is 2.32. The van der Waals surface area contributed by atoms with Crippen LogP contribution in [0.5, 0.6) is 0 Å². The van der Waals surface area contributed by atoms with Crippen molar-refractivity contribution in [2.24, 2.45) is 0 Å². The fourth-order valence-electron chi connectivity index (χ4n) is 3.36. The zero-order valence-electron chi connectivity index (χ0n) is 13.8. The lowest BCUT2D eigenvalue weighted by atomic mass is 10.1. The van der Waals surface area contributed by atoms with Crippen LogP contribution >= 0.6 is 0 Å². The molecule has 7 heteroatoms. The molecular weight excluding hydrogens is 296 g/mol. The first kappa shape index (κ1) is 16.0. The van der Waals surface area contributed by atoms with Crippen molar-refractivity contribution >= 4 is 11.8 Å². The van der Waals surface area contributed by atoms with Crippen molar-refractivity contribution in [1.82, 2.24) is 19.9 Å². The standard InChI is InChI=1S/C16H24N4O3/c1-11-7-8-14(21)20(11)10-15(22)19(2)9-13-17-16(23-18-13)12-5-3-4-6-12/h11-12H,3-10H2,1-2H3/t11-/m1/s1. The molecule has 1 aromatic rings. The average molecular weight is 320 g/mol. The minimum absolute atomic E-state index is 0.0577. The van der Waals surface area contributed by atoms with Gasteiger partial charge in [0.25, 0.3) is 0 Å².